The highest BCUT2D eigenvalue weighted by molar-refractivity contribution is 4.70. The molecule has 0 fully saturated rings. The molecule has 0 radical (unpaired) electrons. The maximum absolute atomic E-state index is 9.83. The Morgan fingerprint density at radius 3 is 2.27 bits per heavy atom. The summed E-state index contributed by atoms with van der Waals surface area (Å²) in [5.41, 5.74) is 3.55. The van der Waals surface area contributed by atoms with Gasteiger partial charge in [-0.1, -0.05) is 13.8 Å². The molecule has 0 aromatic carbocycles. The summed E-state index contributed by atoms with van der Waals surface area (Å²) < 4.78 is 0. The Morgan fingerprint density at radius 2 is 2.00 bits per heavy atom. The van der Waals surface area contributed by atoms with E-state index in [4.69, 9.17) is 0 Å². The van der Waals surface area contributed by atoms with E-state index in [2.05, 4.69) is 10.6 Å². The van der Waals surface area contributed by atoms with E-state index < -0.39 is 5.09 Å². The third-order valence-corrected chi connectivity index (χ3v) is 1.98. The van der Waals surface area contributed by atoms with Gasteiger partial charge in [-0.3, -0.25) is 0 Å². The minimum atomic E-state index is -0.773. The Morgan fingerprint density at radius 1 is 1.55 bits per heavy atom. The lowest BCUT2D eigenvalue weighted by molar-refractivity contribution is -0.767. The molecule has 3 N–H and O–H groups in total. The predicted molar refractivity (Wildman–Crippen MR) is 39.1 cm³/mol. The van der Waals surface area contributed by atoms with Crippen molar-refractivity contribution in [1.82, 2.24) is 0 Å². The second-order valence-electron chi connectivity index (χ2n) is 2.70. The molecule has 0 rings (SSSR count). The number of quaternary nitrogens is 1. The second kappa shape index (κ2) is 4.12. The Kier molecular flexibility index (Phi) is 3.81. The van der Waals surface area contributed by atoms with Crippen molar-refractivity contribution in [2.75, 3.05) is 6.61 Å². The van der Waals surface area contributed by atoms with E-state index in [0.29, 0.717) is 0 Å². The summed E-state index contributed by atoms with van der Waals surface area (Å²) in [4.78, 5) is 14.1. The van der Waals surface area contributed by atoms with E-state index in [-0.39, 0.29) is 12.1 Å². The van der Waals surface area contributed by atoms with Crippen LogP contribution in [-0.4, -0.2) is 17.2 Å². The lowest BCUT2D eigenvalue weighted by Crippen LogP contribution is -2.74. The van der Waals surface area contributed by atoms with Crippen LogP contribution in [0.15, 0.2) is 0 Å². The minimum Gasteiger partial charge on any atom is -0.351 e. The molecule has 0 bridgehead atoms. The van der Waals surface area contributed by atoms with Crippen LogP contribution in [0.5, 0.6) is 0 Å². The van der Waals surface area contributed by atoms with Gasteiger partial charge >= 0.3 is 0 Å². The molecule has 66 valence electrons. The van der Waals surface area contributed by atoms with Crippen molar-refractivity contribution in [2.24, 2.45) is 0 Å². The molecule has 0 saturated carbocycles. The molecule has 0 aromatic heterocycles. The lowest BCUT2D eigenvalue weighted by atomic mass is 9.96. The first-order chi connectivity index (χ1) is 5.04. The average molecular weight is 163 g/mol. The summed E-state index contributed by atoms with van der Waals surface area (Å²) in [6, 6.07) is 0. The van der Waals surface area contributed by atoms with Crippen LogP contribution in [0.3, 0.4) is 0 Å². The first-order valence-corrected chi connectivity index (χ1v) is 3.66. The van der Waals surface area contributed by atoms with Gasteiger partial charge in [0.15, 0.2) is 6.61 Å². The van der Waals surface area contributed by atoms with Gasteiger partial charge in [0.1, 0.15) is 5.54 Å². The van der Waals surface area contributed by atoms with Gasteiger partial charge in [0.25, 0.3) is 5.09 Å². The van der Waals surface area contributed by atoms with Crippen molar-refractivity contribution in [3.05, 3.63) is 10.1 Å². The minimum absolute atomic E-state index is 0.0903. The van der Waals surface area contributed by atoms with E-state index in [0.717, 1.165) is 12.8 Å². The van der Waals surface area contributed by atoms with Crippen molar-refractivity contribution in [3.8, 4) is 0 Å². The number of hydrogen-bond acceptors (Lipinski definition) is 3. The van der Waals surface area contributed by atoms with Gasteiger partial charge in [-0.15, -0.1) is 10.1 Å². The van der Waals surface area contributed by atoms with Crippen molar-refractivity contribution in [1.29, 1.82) is 0 Å². The smallest absolute Gasteiger partial charge is 0.294 e. The zero-order valence-corrected chi connectivity index (χ0v) is 7.00. The highest BCUT2D eigenvalue weighted by atomic mass is 16.9. The monoisotopic (exact) mass is 163 g/mol. The molecule has 5 heteroatoms. The largest absolute Gasteiger partial charge is 0.351 e. The molecule has 0 aliphatic heterocycles. The Labute approximate surface area is 65.6 Å². The maximum atomic E-state index is 9.83. The summed E-state index contributed by atoms with van der Waals surface area (Å²) in [6.07, 6.45) is 1.58. The van der Waals surface area contributed by atoms with Gasteiger partial charge < -0.3 is 10.6 Å². The molecule has 0 unspecified atom stereocenters. The van der Waals surface area contributed by atoms with E-state index in [9.17, 15) is 10.1 Å². The van der Waals surface area contributed by atoms with Crippen LogP contribution < -0.4 is 5.73 Å². The topological polar surface area (TPSA) is 80.0 Å². The molecule has 0 saturated heterocycles. The van der Waals surface area contributed by atoms with E-state index in [1.165, 1.54) is 0 Å². The number of nitrogens with zero attached hydrogens (tertiary/aromatic N) is 1. The molecule has 0 aliphatic rings. The van der Waals surface area contributed by atoms with Crippen molar-refractivity contribution in [3.63, 3.8) is 0 Å². The van der Waals surface area contributed by atoms with Crippen molar-refractivity contribution in [2.45, 2.75) is 32.2 Å². The number of hydrogen-bond donors (Lipinski definition) is 1. The SMILES string of the molecule is CCC([NH3+])(CC)CO[N+](=O)[O-]. The third kappa shape index (κ3) is 3.77. The van der Waals surface area contributed by atoms with Gasteiger partial charge in [0.2, 0.25) is 0 Å². The van der Waals surface area contributed by atoms with Crippen LogP contribution in [0, 0.1) is 10.1 Å². The molecule has 0 aromatic rings. The molecule has 0 atom stereocenters. The Hall–Kier alpha value is -0.840. The first-order valence-electron chi connectivity index (χ1n) is 3.66. The summed E-state index contributed by atoms with van der Waals surface area (Å²) in [6.45, 7) is 3.98. The van der Waals surface area contributed by atoms with Crippen LogP contribution in [0.25, 0.3) is 0 Å². The van der Waals surface area contributed by atoms with Gasteiger partial charge in [0, 0.05) is 12.8 Å². The van der Waals surface area contributed by atoms with Crippen LogP contribution in [-0.2, 0) is 4.84 Å². The highest BCUT2D eigenvalue weighted by Gasteiger charge is 2.26. The number of rotatable bonds is 5. The summed E-state index contributed by atoms with van der Waals surface area (Å²) in [5.74, 6) is 0. The van der Waals surface area contributed by atoms with Crippen LogP contribution in [0.1, 0.15) is 26.7 Å². The fourth-order valence-electron chi connectivity index (χ4n) is 0.644. The first kappa shape index (κ1) is 10.2. The molecular weight excluding hydrogens is 148 g/mol. The molecule has 0 aliphatic carbocycles. The van der Waals surface area contributed by atoms with Crippen molar-refractivity contribution < 1.29 is 15.7 Å². The van der Waals surface area contributed by atoms with Crippen LogP contribution in [0.2, 0.25) is 0 Å². The van der Waals surface area contributed by atoms with Gasteiger partial charge in [-0.05, 0) is 0 Å². The van der Waals surface area contributed by atoms with E-state index >= 15 is 0 Å². The molecule has 11 heavy (non-hydrogen) atoms. The van der Waals surface area contributed by atoms with E-state index in [1.807, 2.05) is 13.8 Å². The molecule has 5 nitrogen and oxygen atoms in total. The Bertz CT molecular complexity index is 134. The van der Waals surface area contributed by atoms with Gasteiger partial charge in [0.05, 0.1) is 0 Å². The quantitative estimate of drug-likeness (QED) is 0.457. The fourth-order valence-corrected chi connectivity index (χ4v) is 0.644. The molecular formula is C6H15N2O3+. The zero-order chi connectivity index (χ0) is 8.91. The standard InChI is InChI=1S/C6H14N2O3/c1-3-6(7,4-2)5-11-8(9)10/h3-5,7H2,1-2H3/p+1. The normalized spacial score (nSPS) is 11.2. The molecule has 0 heterocycles. The predicted octanol–water partition coefficient (Wildman–Crippen LogP) is -0.00460. The average Bonchev–Trinajstić information content (AvgIpc) is 2.00. The maximum Gasteiger partial charge on any atom is 0.294 e. The summed E-state index contributed by atoms with van der Waals surface area (Å²) >= 11 is 0. The lowest BCUT2D eigenvalue weighted by Gasteiger charge is -2.20. The molecule has 0 amide bonds. The van der Waals surface area contributed by atoms with Gasteiger partial charge in [-0.2, -0.15) is 0 Å². The third-order valence-electron chi connectivity index (χ3n) is 1.98. The van der Waals surface area contributed by atoms with Crippen LogP contribution in [0.4, 0.5) is 0 Å². The summed E-state index contributed by atoms with van der Waals surface area (Å²) in [7, 11) is 0. The van der Waals surface area contributed by atoms with Gasteiger partial charge in [-0.25, -0.2) is 0 Å². The molecule has 0 spiro atoms. The highest BCUT2D eigenvalue weighted by Crippen LogP contribution is 2.08. The van der Waals surface area contributed by atoms with Crippen LogP contribution >= 0.6 is 0 Å². The fraction of sp³-hybridized carbons (Fsp3) is 1.00. The second-order valence-corrected chi connectivity index (χ2v) is 2.70. The summed E-state index contributed by atoms with van der Waals surface area (Å²) in [5, 5.41) is 9.06. The zero-order valence-electron chi connectivity index (χ0n) is 7.00. The Balaban J connectivity index is 3.78. The van der Waals surface area contributed by atoms with E-state index in [1.54, 1.807) is 0 Å². The van der Waals surface area contributed by atoms with Crippen molar-refractivity contribution >= 4 is 0 Å².